The zero-order valence-electron chi connectivity index (χ0n) is 32.7. The fraction of sp³-hybridized carbons (Fsp3) is 0.0182. The van der Waals surface area contributed by atoms with Crippen LogP contribution in [0.2, 0.25) is 0 Å². The molecule has 0 amide bonds. The van der Waals surface area contributed by atoms with Gasteiger partial charge < -0.3 is 4.90 Å². The average molecular weight is 787 g/mol. The number of aromatic nitrogens is 2. The molecule has 5 heteroatoms. The third-order valence-electron chi connectivity index (χ3n) is 11.4. The van der Waals surface area contributed by atoms with Gasteiger partial charge >= 0.3 is 0 Å². The van der Waals surface area contributed by atoms with Crippen molar-refractivity contribution in [1.82, 2.24) is 9.97 Å². The number of anilines is 5. The molecule has 0 radical (unpaired) electrons. The van der Waals surface area contributed by atoms with Crippen LogP contribution in [0.4, 0.5) is 28.6 Å². The van der Waals surface area contributed by atoms with Crippen molar-refractivity contribution in [2.24, 2.45) is 0 Å². The monoisotopic (exact) mass is 786 g/mol. The van der Waals surface area contributed by atoms with Crippen molar-refractivity contribution in [1.29, 1.82) is 0 Å². The van der Waals surface area contributed by atoms with E-state index in [1.54, 1.807) is 0 Å². The molecule has 0 atom stereocenters. The smallest absolute Gasteiger partial charge is 0.162 e. The molecular formula is C55H38N4S. The van der Waals surface area contributed by atoms with Gasteiger partial charge in [-0.25, -0.2) is 9.97 Å². The van der Waals surface area contributed by atoms with Gasteiger partial charge in [0.25, 0.3) is 0 Å². The summed E-state index contributed by atoms with van der Waals surface area (Å²) in [5.41, 5.74) is 13.8. The van der Waals surface area contributed by atoms with Crippen LogP contribution in [-0.2, 0) is 6.42 Å². The van der Waals surface area contributed by atoms with Crippen LogP contribution < -0.4 is 9.80 Å². The van der Waals surface area contributed by atoms with Gasteiger partial charge in [-0.3, -0.25) is 4.90 Å². The number of para-hydroxylation sites is 1. The molecule has 7 aromatic carbocycles. The van der Waals surface area contributed by atoms with Gasteiger partial charge in [0.1, 0.15) is 5.82 Å². The Hall–Kier alpha value is -7.60. The molecule has 0 N–H and O–H groups in total. The van der Waals surface area contributed by atoms with Crippen LogP contribution in [0.15, 0.2) is 206 Å². The Morgan fingerprint density at radius 3 is 2.00 bits per heavy atom. The maximum absolute atomic E-state index is 5.38. The van der Waals surface area contributed by atoms with Crippen molar-refractivity contribution in [3.63, 3.8) is 0 Å². The van der Waals surface area contributed by atoms with Crippen LogP contribution in [0.3, 0.4) is 0 Å². The molecule has 0 bridgehead atoms. The van der Waals surface area contributed by atoms with Gasteiger partial charge in [0.2, 0.25) is 0 Å². The number of allylic oxidation sites excluding steroid dienone is 4. The second-order valence-corrected chi connectivity index (χ2v) is 16.2. The molecule has 4 heterocycles. The molecule has 11 rings (SSSR count). The zero-order chi connectivity index (χ0) is 40.0. The van der Waals surface area contributed by atoms with Crippen LogP contribution >= 0.6 is 11.3 Å². The topological polar surface area (TPSA) is 32.3 Å². The Kier molecular flexibility index (Phi) is 8.87. The standard InChI is InChI=1S/C55H38N4S/c1-37-16-6-2-9-19-39-26-27-42(33-50(39)58(37)45-22-12-5-13-23-45)41-30-31-49-43(32-41)28-29-44-34-53-47(46-24-14-15-25-52(46)60-53)35-51(44)59(49)54-36-48(38-17-7-3-8-18-38)56-55(57-54)40-20-10-4-11-21-40/h2-18,20-36H,1,19H2. The molecule has 2 aliphatic rings. The molecule has 2 aromatic heterocycles. The summed E-state index contributed by atoms with van der Waals surface area (Å²) >= 11 is 1.84. The predicted molar refractivity (Wildman–Crippen MR) is 255 cm³/mol. The van der Waals surface area contributed by atoms with Crippen LogP contribution in [0.1, 0.15) is 16.7 Å². The number of fused-ring (bicyclic) bond motifs is 6. The fourth-order valence-electron chi connectivity index (χ4n) is 8.43. The summed E-state index contributed by atoms with van der Waals surface area (Å²) < 4.78 is 2.54. The Balaban J connectivity index is 1.12. The van der Waals surface area contributed by atoms with Crippen LogP contribution in [-0.4, -0.2) is 9.97 Å². The minimum atomic E-state index is 0.678. The lowest BCUT2D eigenvalue weighted by atomic mass is 9.97. The van der Waals surface area contributed by atoms with Crippen LogP contribution in [0.25, 0.3) is 66.1 Å². The minimum absolute atomic E-state index is 0.678. The van der Waals surface area contributed by atoms with Crippen molar-refractivity contribution in [3.05, 3.63) is 223 Å². The van der Waals surface area contributed by atoms with Gasteiger partial charge in [0.15, 0.2) is 5.82 Å². The van der Waals surface area contributed by atoms with E-state index in [1.165, 1.54) is 25.7 Å². The lowest BCUT2D eigenvalue weighted by molar-refractivity contribution is 1.12. The molecule has 0 unspecified atom stereocenters. The molecule has 284 valence electrons. The van der Waals surface area contributed by atoms with Crippen LogP contribution in [0, 0.1) is 0 Å². The van der Waals surface area contributed by atoms with E-state index in [1.807, 2.05) is 35.6 Å². The first kappa shape index (κ1) is 35.6. The number of thiophene rings is 1. The van der Waals surface area contributed by atoms with Crippen molar-refractivity contribution in [2.75, 3.05) is 9.80 Å². The van der Waals surface area contributed by atoms with Gasteiger partial charge in [0.05, 0.1) is 22.8 Å². The van der Waals surface area contributed by atoms with E-state index >= 15 is 0 Å². The maximum atomic E-state index is 5.38. The Morgan fingerprint density at radius 1 is 0.483 bits per heavy atom. The highest BCUT2D eigenvalue weighted by Gasteiger charge is 2.25. The highest BCUT2D eigenvalue weighted by Crippen LogP contribution is 2.47. The number of benzene rings is 7. The quantitative estimate of drug-likeness (QED) is 0.174. The summed E-state index contributed by atoms with van der Waals surface area (Å²) in [6.45, 7) is 4.51. The van der Waals surface area contributed by atoms with Gasteiger partial charge in [-0.2, -0.15) is 0 Å². The van der Waals surface area contributed by atoms with E-state index in [0.717, 1.165) is 79.8 Å². The Morgan fingerprint density at radius 2 is 1.18 bits per heavy atom. The van der Waals surface area contributed by atoms with E-state index < -0.39 is 0 Å². The van der Waals surface area contributed by atoms with Crippen molar-refractivity contribution < 1.29 is 0 Å². The summed E-state index contributed by atoms with van der Waals surface area (Å²) in [4.78, 5) is 15.1. The Labute approximate surface area is 353 Å². The summed E-state index contributed by atoms with van der Waals surface area (Å²) in [7, 11) is 0. The lowest BCUT2D eigenvalue weighted by Gasteiger charge is -2.28. The SMILES string of the molecule is C=C1C=CC=CCc2ccc(-c3ccc4c(c3)C=Cc3cc5sc6ccccc6c5cc3N4c3cc(-c4ccccc4)nc(-c4ccccc4)n3)cc2N1c1ccccc1. The molecular weight excluding hydrogens is 749 g/mol. The third-order valence-corrected chi connectivity index (χ3v) is 12.5. The minimum Gasteiger partial charge on any atom is -0.311 e. The molecule has 0 saturated heterocycles. The van der Waals surface area contributed by atoms with Crippen LogP contribution in [0.5, 0.6) is 0 Å². The Bertz CT molecular complexity index is 3140. The first-order valence-electron chi connectivity index (χ1n) is 20.2. The molecule has 2 aliphatic heterocycles. The van der Waals surface area contributed by atoms with E-state index in [0.29, 0.717) is 5.82 Å². The van der Waals surface area contributed by atoms with Gasteiger partial charge in [0, 0.05) is 54.3 Å². The average Bonchev–Trinajstić information content (AvgIpc) is 3.62. The molecule has 0 spiro atoms. The first-order valence-corrected chi connectivity index (χ1v) is 21.0. The number of rotatable bonds is 5. The molecule has 0 fully saturated rings. The van der Waals surface area contributed by atoms with E-state index in [2.05, 4.69) is 198 Å². The molecule has 0 aliphatic carbocycles. The summed E-state index contributed by atoms with van der Waals surface area (Å²) in [6.07, 6.45) is 13.8. The van der Waals surface area contributed by atoms with E-state index in [9.17, 15) is 0 Å². The van der Waals surface area contributed by atoms with E-state index in [4.69, 9.17) is 9.97 Å². The molecule has 4 nitrogen and oxygen atoms in total. The summed E-state index contributed by atoms with van der Waals surface area (Å²) in [5.74, 6) is 1.48. The molecule has 9 aromatic rings. The largest absolute Gasteiger partial charge is 0.311 e. The predicted octanol–water partition coefficient (Wildman–Crippen LogP) is 15.1. The fourth-order valence-corrected chi connectivity index (χ4v) is 9.56. The van der Waals surface area contributed by atoms with E-state index in [-0.39, 0.29) is 0 Å². The number of hydrogen-bond donors (Lipinski definition) is 0. The summed E-state index contributed by atoms with van der Waals surface area (Å²) in [6, 6.07) is 60.4. The third kappa shape index (κ3) is 6.42. The van der Waals surface area contributed by atoms with Crippen molar-refractivity contribution >= 4 is 72.2 Å². The van der Waals surface area contributed by atoms with Crippen molar-refractivity contribution in [2.45, 2.75) is 6.42 Å². The van der Waals surface area contributed by atoms with Gasteiger partial charge in [-0.05, 0) is 83.3 Å². The van der Waals surface area contributed by atoms with Gasteiger partial charge in [-0.1, -0.05) is 152 Å². The lowest BCUT2D eigenvalue weighted by Crippen LogP contribution is -2.16. The highest BCUT2D eigenvalue weighted by atomic mass is 32.1. The number of hydrogen-bond acceptors (Lipinski definition) is 5. The second-order valence-electron chi connectivity index (χ2n) is 15.1. The van der Waals surface area contributed by atoms with Crippen molar-refractivity contribution in [3.8, 4) is 33.8 Å². The normalized spacial score (nSPS) is 13.4. The maximum Gasteiger partial charge on any atom is 0.162 e. The van der Waals surface area contributed by atoms with Gasteiger partial charge in [-0.15, -0.1) is 11.3 Å². The second kappa shape index (κ2) is 15.0. The highest BCUT2D eigenvalue weighted by molar-refractivity contribution is 7.25. The summed E-state index contributed by atoms with van der Waals surface area (Å²) in [5, 5.41) is 2.49. The zero-order valence-corrected chi connectivity index (χ0v) is 33.6. The number of nitrogens with zero attached hydrogens (tertiary/aromatic N) is 4. The first-order chi connectivity index (χ1) is 29.6. The molecule has 60 heavy (non-hydrogen) atoms. The molecule has 0 saturated carbocycles.